The molecular weight excluding hydrogens is 210 g/mol. The van der Waals surface area contributed by atoms with Gasteiger partial charge in [0.05, 0.1) is 6.10 Å². The van der Waals surface area contributed by atoms with Crippen LogP contribution in [0.1, 0.15) is 45.1 Å². The third-order valence-electron chi connectivity index (χ3n) is 3.10. The highest BCUT2D eigenvalue weighted by Gasteiger charge is 2.19. The lowest BCUT2D eigenvalue weighted by Gasteiger charge is -2.14. The number of hydrogen-bond donors (Lipinski definition) is 1. The van der Waals surface area contributed by atoms with E-state index in [1.165, 1.54) is 24.8 Å². The van der Waals surface area contributed by atoms with Crippen molar-refractivity contribution in [3.05, 3.63) is 29.8 Å². The van der Waals surface area contributed by atoms with Crippen LogP contribution in [-0.2, 0) is 6.54 Å². The molecule has 1 aliphatic rings. The van der Waals surface area contributed by atoms with E-state index in [-0.39, 0.29) is 0 Å². The highest BCUT2D eigenvalue weighted by Crippen LogP contribution is 2.21. The van der Waals surface area contributed by atoms with Crippen molar-refractivity contribution in [2.24, 2.45) is 0 Å². The zero-order valence-electron chi connectivity index (χ0n) is 10.9. The molecule has 1 saturated carbocycles. The molecule has 1 unspecified atom stereocenters. The second kappa shape index (κ2) is 6.06. The minimum atomic E-state index is 0.312. The summed E-state index contributed by atoms with van der Waals surface area (Å²) in [6.07, 6.45) is 5.27. The van der Waals surface area contributed by atoms with E-state index in [4.69, 9.17) is 4.74 Å². The van der Waals surface area contributed by atoms with Gasteiger partial charge < -0.3 is 10.1 Å². The molecule has 17 heavy (non-hydrogen) atoms. The summed E-state index contributed by atoms with van der Waals surface area (Å²) in [5.74, 6) is 1.00. The Morgan fingerprint density at radius 1 is 1.41 bits per heavy atom. The molecule has 1 fully saturated rings. The van der Waals surface area contributed by atoms with Crippen LogP contribution in [0.3, 0.4) is 0 Å². The summed E-state index contributed by atoms with van der Waals surface area (Å²) >= 11 is 0. The molecule has 1 aromatic rings. The maximum Gasteiger partial charge on any atom is 0.120 e. The second-order valence-electron chi connectivity index (χ2n) is 5.02. The lowest BCUT2D eigenvalue weighted by atomic mass is 10.2. The molecule has 1 N–H and O–H groups in total. The molecule has 0 spiro atoms. The molecule has 0 bridgehead atoms. The van der Waals surface area contributed by atoms with E-state index >= 15 is 0 Å². The van der Waals surface area contributed by atoms with Gasteiger partial charge in [-0.05, 0) is 43.9 Å². The first-order chi connectivity index (χ1) is 8.28. The fourth-order valence-electron chi connectivity index (χ4n) is 1.98. The summed E-state index contributed by atoms with van der Waals surface area (Å²) in [5.41, 5.74) is 1.32. The zero-order chi connectivity index (χ0) is 12.1. The monoisotopic (exact) mass is 233 g/mol. The standard InChI is InChI=1S/C15H23NO/c1-3-5-12(2)17-15-7-4-6-13(10-15)11-16-14-8-9-14/h4,6-7,10,12,14,16H,3,5,8-9,11H2,1-2H3. The van der Waals surface area contributed by atoms with Gasteiger partial charge in [-0.15, -0.1) is 0 Å². The van der Waals surface area contributed by atoms with Gasteiger partial charge >= 0.3 is 0 Å². The number of benzene rings is 1. The van der Waals surface area contributed by atoms with E-state index in [1.54, 1.807) is 0 Å². The molecule has 1 aromatic carbocycles. The Morgan fingerprint density at radius 3 is 2.94 bits per heavy atom. The molecule has 0 saturated heterocycles. The van der Waals surface area contributed by atoms with E-state index in [9.17, 15) is 0 Å². The molecule has 0 radical (unpaired) electrons. The van der Waals surface area contributed by atoms with Gasteiger partial charge in [0.2, 0.25) is 0 Å². The van der Waals surface area contributed by atoms with Crippen molar-refractivity contribution in [3.63, 3.8) is 0 Å². The van der Waals surface area contributed by atoms with E-state index < -0.39 is 0 Å². The predicted molar refractivity (Wildman–Crippen MR) is 71.3 cm³/mol. The first kappa shape index (κ1) is 12.4. The fraction of sp³-hybridized carbons (Fsp3) is 0.600. The van der Waals surface area contributed by atoms with E-state index in [0.717, 1.165) is 24.8 Å². The quantitative estimate of drug-likeness (QED) is 0.778. The van der Waals surface area contributed by atoms with Gasteiger partial charge in [-0.1, -0.05) is 25.5 Å². The number of rotatable bonds is 7. The van der Waals surface area contributed by atoms with Crippen LogP contribution in [0, 0.1) is 0 Å². The Bertz CT molecular complexity index is 347. The van der Waals surface area contributed by atoms with Gasteiger partial charge in [0, 0.05) is 12.6 Å². The van der Waals surface area contributed by atoms with Crippen molar-refractivity contribution in [1.82, 2.24) is 5.32 Å². The molecule has 94 valence electrons. The van der Waals surface area contributed by atoms with Crippen molar-refractivity contribution in [2.75, 3.05) is 0 Å². The Hall–Kier alpha value is -1.02. The minimum Gasteiger partial charge on any atom is -0.491 e. The summed E-state index contributed by atoms with van der Waals surface area (Å²) in [4.78, 5) is 0. The van der Waals surface area contributed by atoms with E-state index in [1.807, 2.05) is 6.07 Å². The Morgan fingerprint density at radius 2 is 2.24 bits per heavy atom. The number of nitrogens with one attached hydrogen (secondary N) is 1. The van der Waals surface area contributed by atoms with Gasteiger partial charge in [0.1, 0.15) is 5.75 Å². The van der Waals surface area contributed by atoms with Crippen molar-refractivity contribution in [3.8, 4) is 5.75 Å². The molecule has 0 aliphatic heterocycles. The summed E-state index contributed by atoms with van der Waals surface area (Å²) in [6.45, 7) is 5.29. The SMILES string of the molecule is CCCC(C)Oc1cccc(CNC2CC2)c1. The van der Waals surface area contributed by atoms with Crippen LogP contribution in [0.2, 0.25) is 0 Å². The van der Waals surface area contributed by atoms with Crippen molar-refractivity contribution in [2.45, 2.75) is 58.2 Å². The Kier molecular flexibility index (Phi) is 4.43. The fourth-order valence-corrected chi connectivity index (χ4v) is 1.98. The second-order valence-corrected chi connectivity index (χ2v) is 5.02. The lowest BCUT2D eigenvalue weighted by Crippen LogP contribution is -2.15. The van der Waals surface area contributed by atoms with Crippen molar-refractivity contribution >= 4 is 0 Å². The molecule has 2 nitrogen and oxygen atoms in total. The molecule has 1 atom stereocenters. The third-order valence-corrected chi connectivity index (χ3v) is 3.10. The van der Waals surface area contributed by atoms with Crippen LogP contribution in [0.5, 0.6) is 5.75 Å². The van der Waals surface area contributed by atoms with Crippen LogP contribution < -0.4 is 10.1 Å². The molecular formula is C15H23NO. The Balaban J connectivity index is 1.85. The molecule has 0 aromatic heterocycles. The van der Waals surface area contributed by atoms with Crippen LogP contribution in [0.4, 0.5) is 0 Å². The summed E-state index contributed by atoms with van der Waals surface area (Å²) < 4.78 is 5.89. The zero-order valence-corrected chi connectivity index (χ0v) is 10.9. The van der Waals surface area contributed by atoms with Gasteiger partial charge in [0.15, 0.2) is 0 Å². The third kappa shape index (κ3) is 4.39. The van der Waals surface area contributed by atoms with Crippen LogP contribution in [0.25, 0.3) is 0 Å². The molecule has 2 heteroatoms. The number of hydrogen-bond acceptors (Lipinski definition) is 2. The van der Waals surface area contributed by atoms with Gasteiger partial charge in [-0.3, -0.25) is 0 Å². The highest BCUT2D eigenvalue weighted by atomic mass is 16.5. The largest absolute Gasteiger partial charge is 0.491 e. The average molecular weight is 233 g/mol. The van der Waals surface area contributed by atoms with Gasteiger partial charge in [0.25, 0.3) is 0 Å². The minimum absolute atomic E-state index is 0.312. The normalized spacial score (nSPS) is 16.8. The Labute approximate surface area is 104 Å². The highest BCUT2D eigenvalue weighted by molar-refractivity contribution is 5.28. The van der Waals surface area contributed by atoms with Gasteiger partial charge in [-0.25, -0.2) is 0 Å². The maximum absolute atomic E-state index is 5.89. The van der Waals surface area contributed by atoms with E-state index in [2.05, 4.69) is 37.4 Å². The first-order valence-electron chi connectivity index (χ1n) is 6.77. The molecule has 0 amide bonds. The maximum atomic E-state index is 5.89. The van der Waals surface area contributed by atoms with Crippen molar-refractivity contribution < 1.29 is 4.74 Å². The van der Waals surface area contributed by atoms with Crippen LogP contribution in [0.15, 0.2) is 24.3 Å². The summed E-state index contributed by atoms with van der Waals surface area (Å²) in [5, 5.41) is 3.52. The van der Waals surface area contributed by atoms with E-state index in [0.29, 0.717) is 6.10 Å². The summed E-state index contributed by atoms with van der Waals surface area (Å²) in [7, 11) is 0. The first-order valence-corrected chi connectivity index (χ1v) is 6.77. The predicted octanol–water partition coefficient (Wildman–Crippen LogP) is 3.51. The smallest absolute Gasteiger partial charge is 0.120 e. The molecule has 2 rings (SSSR count). The lowest BCUT2D eigenvalue weighted by molar-refractivity contribution is 0.209. The van der Waals surface area contributed by atoms with Crippen molar-refractivity contribution in [1.29, 1.82) is 0 Å². The average Bonchev–Trinajstić information content (AvgIpc) is 3.11. The summed E-state index contributed by atoms with van der Waals surface area (Å²) in [6, 6.07) is 9.21. The molecule has 1 aliphatic carbocycles. The van der Waals surface area contributed by atoms with Crippen LogP contribution >= 0.6 is 0 Å². The number of ether oxygens (including phenoxy) is 1. The topological polar surface area (TPSA) is 21.3 Å². The molecule has 0 heterocycles. The van der Waals surface area contributed by atoms with Crippen LogP contribution in [-0.4, -0.2) is 12.1 Å². The van der Waals surface area contributed by atoms with Gasteiger partial charge in [-0.2, -0.15) is 0 Å².